The van der Waals surface area contributed by atoms with Gasteiger partial charge in [-0.25, -0.2) is 4.79 Å². The predicted octanol–water partition coefficient (Wildman–Crippen LogP) is 5.33. The van der Waals surface area contributed by atoms with Crippen molar-refractivity contribution in [3.63, 3.8) is 0 Å². The molecule has 1 aliphatic rings. The lowest BCUT2D eigenvalue weighted by Crippen LogP contribution is -2.19. The lowest BCUT2D eigenvalue weighted by molar-refractivity contribution is -0.131. The highest BCUT2D eigenvalue weighted by Crippen LogP contribution is 2.38. The Hall–Kier alpha value is -0.830. The molecule has 0 saturated heterocycles. The minimum Gasteiger partial charge on any atom is -0.478 e. The van der Waals surface area contributed by atoms with Crippen molar-refractivity contribution in [1.82, 2.24) is 0 Å². The minimum atomic E-state index is -0.866. The van der Waals surface area contributed by atoms with Crippen molar-refractivity contribution in [2.75, 3.05) is 0 Å². The maximum Gasteiger partial charge on any atom is 0.327 e. The van der Waals surface area contributed by atoms with Crippen LogP contribution in [0.3, 0.4) is 0 Å². The number of hydrogen-bond donors (Lipinski definition) is 2. The predicted molar refractivity (Wildman–Crippen MR) is 95.5 cm³/mol. The van der Waals surface area contributed by atoms with Crippen molar-refractivity contribution >= 4 is 5.97 Å². The van der Waals surface area contributed by atoms with Crippen molar-refractivity contribution in [2.24, 2.45) is 11.8 Å². The van der Waals surface area contributed by atoms with Gasteiger partial charge in [0, 0.05) is 6.08 Å². The second-order valence-electron chi connectivity index (χ2n) is 7.15. The highest BCUT2D eigenvalue weighted by Gasteiger charge is 2.33. The van der Waals surface area contributed by atoms with Gasteiger partial charge >= 0.3 is 5.97 Å². The third-order valence-corrected chi connectivity index (χ3v) is 5.28. The first-order chi connectivity index (χ1) is 11.1. The minimum absolute atomic E-state index is 0.102. The number of aliphatic hydroxyl groups is 1. The molecule has 3 atom stereocenters. The van der Waals surface area contributed by atoms with Crippen molar-refractivity contribution in [3.05, 3.63) is 12.2 Å². The molecular weight excluding hydrogens is 288 g/mol. The molecule has 1 rings (SSSR count). The number of aliphatic carboxylic acids is 1. The van der Waals surface area contributed by atoms with E-state index in [1.807, 2.05) is 0 Å². The van der Waals surface area contributed by atoms with Crippen LogP contribution in [0.2, 0.25) is 0 Å². The fourth-order valence-electron chi connectivity index (χ4n) is 3.93. The Kier molecular flexibility index (Phi) is 11.1. The summed E-state index contributed by atoms with van der Waals surface area (Å²) >= 11 is 0. The lowest BCUT2D eigenvalue weighted by atomic mass is 9.86. The Labute approximate surface area is 142 Å². The first kappa shape index (κ1) is 20.2. The molecule has 0 spiro atoms. The molecule has 134 valence electrons. The normalized spacial score (nSPS) is 24.5. The maximum atomic E-state index is 10.4. The topological polar surface area (TPSA) is 57.5 Å². The van der Waals surface area contributed by atoms with Crippen molar-refractivity contribution < 1.29 is 15.0 Å². The lowest BCUT2D eigenvalue weighted by Gasteiger charge is -2.22. The summed E-state index contributed by atoms with van der Waals surface area (Å²) in [6.45, 7) is 2.25. The number of unbranched alkanes of at least 4 members (excludes halogenated alkanes) is 7. The molecule has 0 unspecified atom stereocenters. The third-order valence-electron chi connectivity index (χ3n) is 5.28. The number of allylic oxidation sites excluding steroid dienone is 1. The standard InChI is InChI=1S/C20H36O3/c1-2-3-4-5-6-9-12-17-15-16-19(21)18(17)13-10-7-8-11-14-20(22)23/h11,14,17-19,21H,2-10,12-13,15-16H2,1H3,(H,22,23)/t17-,18+,19+/m0/s1. The van der Waals surface area contributed by atoms with Gasteiger partial charge in [-0.3, -0.25) is 0 Å². The molecule has 0 aliphatic heterocycles. The monoisotopic (exact) mass is 324 g/mol. The quantitative estimate of drug-likeness (QED) is 0.356. The average molecular weight is 325 g/mol. The number of carboxylic acid groups (broad SMARTS) is 1. The summed E-state index contributed by atoms with van der Waals surface area (Å²) in [4.78, 5) is 10.4. The van der Waals surface area contributed by atoms with E-state index in [2.05, 4.69) is 6.92 Å². The number of carboxylic acids is 1. The van der Waals surface area contributed by atoms with Gasteiger partial charge in [-0.15, -0.1) is 0 Å². The molecule has 0 heterocycles. The van der Waals surface area contributed by atoms with Crippen LogP contribution in [0.4, 0.5) is 0 Å². The summed E-state index contributed by atoms with van der Waals surface area (Å²) in [6, 6.07) is 0. The largest absolute Gasteiger partial charge is 0.478 e. The van der Waals surface area contributed by atoms with Gasteiger partial charge in [-0.05, 0) is 43.9 Å². The highest BCUT2D eigenvalue weighted by atomic mass is 16.4. The molecule has 0 aromatic rings. The molecule has 3 nitrogen and oxygen atoms in total. The van der Waals surface area contributed by atoms with Crippen LogP contribution in [0, 0.1) is 11.8 Å². The molecule has 23 heavy (non-hydrogen) atoms. The van der Waals surface area contributed by atoms with Gasteiger partial charge < -0.3 is 10.2 Å². The van der Waals surface area contributed by atoms with Gasteiger partial charge in [0.05, 0.1) is 6.10 Å². The average Bonchev–Trinajstić information content (AvgIpc) is 2.86. The zero-order valence-corrected chi connectivity index (χ0v) is 14.9. The molecule has 1 aliphatic carbocycles. The van der Waals surface area contributed by atoms with Gasteiger partial charge in [-0.1, -0.05) is 64.4 Å². The summed E-state index contributed by atoms with van der Waals surface area (Å²) in [6.07, 6.45) is 18.4. The molecule has 2 N–H and O–H groups in total. The van der Waals surface area contributed by atoms with Gasteiger partial charge in [0.15, 0.2) is 0 Å². The van der Waals surface area contributed by atoms with E-state index < -0.39 is 5.97 Å². The van der Waals surface area contributed by atoms with Crippen LogP contribution in [0.15, 0.2) is 12.2 Å². The molecule has 0 amide bonds. The van der Waals surface area contributed by atoms with Crippen molar-refractivity contribution in [2.45, 2.75) is 96.5 Å². The van der Waals surface area contributed by atoms with E-state index in [4.69, 9.17) is 5.11 Å². The highest BCUT2D eigenvalue weighted by molar-refractivity contribution is 5.79. The summed E-state index contributed by atoms with van der Waals surface area (Å²) in [5.74, 6) is 0.329. The van der Waals surface area contributed by atoms with Crippen LogP contribution in [-0.4, -0.2) is 22.3 Å². The van der Waals surface area contributed by atoms with Crippen LogP contribution < -0.4 is 0 Å². The third kappa shape index (κ3) is 9.14. The second-order valence-corrected chi connectivity index (χ2v) is 7.15. The van der Waals surface area contributed by atoms with Gasteiger partial charge in [0.1, 0.15) is 0 Å². The van der Waals surface area contributed by atoms with Gasteiger partial charge in [0.2, 0.25) is 0 Å². The molecule has 0 aromatic heterocycles. The van der Waals surface area contributed by atoms with Gasteiger partial charge in [-0.2, -0.15) is 0 Å². The number of carbonyl (C=O) groups is 1. The SMILES string of the molecule is CCCCCCCC[C@H]1CC[C@@H](O)[C@@H]1CCCCC=CC(=O)O. The first-order valence-corrected chi connectivity index (χ1v) is 9.72. The molecule has 0 aromatic carbocycles. The van der Waals surface area contributed by atoms with Crippen LogP contribution in [0.1, 0.15) is 90.4 Å². The fraction of sp³-hybridized carbons (Fsp3) is 0.850. The summed E-state index contributed by atoms with van der Waals surface area (Å²) in [7, 11) is 0. The molecule has 1 saturated carbocycles. The molecule has 0 bridgehead atoms. The van der Waals surface area contributed by atoms with E-state index in [9.17, 15) is 9.90 Å². The second kappa shape index (κ2) is 12.6. The zero-order valence-electron chi connectivity index (χ0n) is 14.9. The molecule has 3 heteroatoms. The van der Waals surface area contributed by atoms with E-state index >= 15 is 0 Å². The Morgan fingerprint density at radius 3 is 2.43 bits per heavy atom. The van der Waals surface area contributed by atoms with Crippen LogP contribution in [0.25, 0.3) is 0 Å². The van der Waals surface area contributed by atoms with E-state index in [1.165, 1.54) is 57.4 Å². The Morgan fingerprint density at radius 2 is 1.70 bits per heavy atom. The van der Waals surface area contributed by atoms with E-state index in [0.29, 0.717) is 11.8 Å². The van der Waals surface area contributed by atoms with E-state index in [0.717, 1.165) is 32.1 Å². The Morgan fingerprint density at radius 1 is 1.00 bits per heavy atom. The smallest absolute Gasteiger partial charge is 0.327 e. The van der Waals surface area contributed by atoms with Gasteiger partial charge in [0.25, 0.3) is 0 Å². The van der Waals surface area contributed by atoms with Crippen LogP contribution in [0.5, 0.6) is 0 Å². The maximum absolute atomic E-state index is 10.4. The number of hydrogen-bond acceptors (Lipinski definition) is 2. The Balaban J connectivity index is 2.14. The summed E-state index contributed by atoms with van der Waals surface area (Å²) in [5.41, 5.74) is 0. The van der Waals surface area contributed by atoms with Crippen LogP contribution >= 0.6 is 0 Å². The summed E-state index contributed by atoms with van der Waals surface area (Å²) < 4.78 is 0. The first-order valence-electron chi connectivity index (χ1n) is 9.72. The number of aliphatic hydroxyl groups excluding tert-OH is 1. The van der Waals surface area contributed by atoms with E-state index in [-0.39, 0.29) is 6.10 Å². The molecule has 0 radical (unpaired) electrons. The Bertz CT molecular complexity index is 338. The molecular formula is C20H36O3. The molecule has 1 fully saturated rings. The summed E-state index contributed by atoms with van der Waals surface area (Å²) in [5, 5.41) is 18.8. The fourth-order valence-corrected chi connectivity index (χ4v) is 3.93. The number of rotatable bonds is 13. The van der Waals surface area contributed by atoms with Crippen LogP contribution in [-0.2, 0) is 4.79 Å². The van der Waals surface area contributed by atoms with Crippen molar-refractivity contribution in [3.8, 4) is 0 Å². The van der Waals surface area contributed by atoms with E-state index in [1.54, 1.807) is 6.08 Å². The zero-order chi connectivity index (χ0) is 16.9. The van der Waals surface area contributed by atoms with Crippen molar-refractivity contribution in [1.29, 1.82) is 0 Å².